The van der Waals surface area contributed by atoms with Gasteiger partial charge in [0.2, 0.25) is 17.6 Å². The number of Topliss-reactive ketones (excluding diaryl/α,β-unsaturated/α-hetero) is 1. The molecule has 4 saturated heterocycles. The smallest absolute Gasteiger partial charge is 0.331 e. The van der Waals surface area contributed by atoms with E-state index in [1.54, 1.807) is 39.8 Å². The average molecular weight is 1010 g/mol. The average Bonchev–Trinajstić information content (AvgIpc) is 3.33. The zero-order chi connectivity index (χ0) is 53.6. The van der Waals surface area contributed by atoms with E-state index < -0.39 is 119 Å². The van der Waals surface area contributed by atoms with Gasteiger partial charge in [0.1, 0.15) is 36.3 Å². The van der Waals surface area contributed by atoms with Crippen LogP contribution in [-0.4, -0.2) is 174 Å². The SMILES string of the molecule is C/C=C(\C)C(=O)[C@@H](C)/C=C(\C)[C@H]1O[C@@](O)([C@](C)(O)C(=O)N[C@@H]2C(=O)N3NCCC[C@@H]3C(=O)N(O)[C@@H](C)C(=O)N(C)C(CC(C)C)C(=O)N3NCCC[C@H]3C(=O)NC([C@H](C)O)C(=O)O[C@H]2C(C)C)CC[C@@H]1C. The summed E-state index contributed by atoms with van der Waals surface area (Å²) < 4.78 is 12.2. The molecule has 71 heavy (non-hydrogen) atoms. The van der Waals surface area contributed by atoms with E-state index in [-0.39, 0.29) is 74.3 Å². The minimum atomic E-state index is -2.85. The molecule has 0 aromatic rings. The van der Waals surface area contributed by atoms with E-state index in [0.29, 0.717) is 17.6 Å². The number of hydroxylamine groups is 2. The first kappa shape index (κ1) is 58.7. The van der Waals surface area contributed by atoms with Crippen LogP contribution in [0.15, 0.2) is 23.3 Å². The number of esters is 1. The maximum absolute atomic E-state index is 15.2. The molecular weight excluding hydrogens is 925 g/mol. The molecule has 22 nitrogen and oxygen atoms in total. The van der Waals surface area contributed by atoms with Crippen LogP contribution >= 0.6 is 0 Å². The van der Waals surface area contributed by atoms with E-state index in [1.807, 2.05) is 20.8 Å². The van der Waals surface area contributed by atoms with Gasteiger partial charge in [0.15, 0.2) is 17.4 Å². The third-order valence-electron chi connectivity index (χ3n) is 14.3. The number of amides is 6. The molecular formula is C49H80N8O14. The minimum Gasteiger partial charge on any atom is -0.458 e. The molecule has 2 unspecified atom stereocenters. The van der Waals surface area contributed by atoms with Crippen LogP contribution in [-0.2, 0) is 47.8 Å². The Bertz CT molecular complexity index is 2060. The molecule has 4 heterocycles. The number of hydrogen-bond acceptors (Lipinski definition) is 16. The number of hydrazine groups is 2. The maximum Gasteiger partial charge on any atom is 0.331 e. The van der Waals surface area contributed by atoms with Gasteiger partial charge in [0.05, 0.1) is 12.2 Å². The molecule has 0 spiro atoms. The number of allylic oxidation sites excluding steroid dienone is 3. The van der Waals surface area contributed by atoms with E-state index in [0.717, 1.165) is 21.8 Å². The van der Waals surface area contributed by atoms with Crippen LogP contribution in [0.4, 0.5) is 0 Å². The highest BCUT2D eigenvalue weighted by molar-refractivity contribution is 5.98. The third-order valence-corrected chi connectivity index (χ3v) is 14.3. The highest BCUT2D eigenvalue weighted by atomic mass is 16.6. The fraction of sp³-hybridized carbons (Fsp3) is 0.755. The van der Waals surface area contributed by atoms with Gasteiger partial charge in [0, 0.05) is 32.5 Å². The van der Waals surface area contributed by atoms with E-state index >= 15 is 4.79 Å². The molecule has 22 heteroatoms. The van der Waals surface area contributed by atoms with Crippen LogP contribution in [0.25, 0.3) is 0 Å². The summed E-state index contributed by atoms with van der Waals surface area (Å²) in [5.74, 6) is -11.9. The topological polar surface area (TPSA) is 297 Å². The number of nitrogens with zero attached hydrogens (tertiary/aromatic N) is 4. The zero-order valence-corrected chi connectivity index (χ0v) is 43.7. The van der Waals surface area contributed by atoms with E-state index in [9.17, 15) is 54.1 Å². The fourth-order valence-electron chi connectivity index (χ4n) is 9.58. The number of ketones is 1. The molecule has 4 aliphatic heterocycles. The van der Waals surface area contributed by atoms with Crippen LogP contribution in [0.3, 0.4) is 0 Å². The summed E-state index contributed by atoms with van der Waals surface area (Å²) in [6.45, 7) is 19.2. The standard InChI is InChI=1S/C49H80N8O14/c1-14-27(6)38(59)29(8)24-30(9)40-28(7)19-20-49(68,71-40)48(12,67)47(66)53-37-39(26(4)5)70-46(65)36(32(11)58)52-41(60)33-17-15-21-50-55(33)43(62)35(23-25(2)3)54(13)42(61)31(10)57(69)44(63)34-18-16-22-51-56(34)45(37)64/h14,24-26,28-29,31-37,39-40,50-51,58,67-69H,15-23H2,1-13H3,(H,52,60)(H,53,66)/b27-14+,30-24+/t28-,29-,31-,32-,33-,34+,35?,36?,37-,39-,40-,48+,49+/m0/s1. The number of cyclic esters (lactones) is 1. The normalized spacial score (nSPS) is 32.5. The number of nitrogens with one attached hydrogen (secondary N) is 4. The predicted octanol–water partition coefficient (Wildman–Crippen LogP) is 0.761. The number of likely N-dealkylation sites (N-methyl/N-ethyl adjacent to an activating group) is 1. The molecule has 0 radical (unpaired) electrons. The van der Waals surface area contributed by atoms with Gasteiger partial charge >= 0.3 is 5.97 Å². The molecule has 4 aliphatic rings. The van der Waals surface area contributed by atoms with Gasteiger partial charge in [-0.25, -0.2) is 20.7 Å². The molecule has 13 atom stereocenters. The van der Waals surface area contributed by atoms with Gasteiger partial charge in [-0.3, -0.25) is 48.8 Å². The third kappa shape index (κ3) is 13.0. The predicted molar refractivity (Wildman–Crippen MR) is 256 cm³/mol. The zero-order valence-electron chi connectivity index (χ0n) is 43.7. The lowest BCUT2D eigenvalue weighted by molar-refractivity contribution is -0.321. The fourth-order valence-corrected chi connectivity index (χ4v) is 9.58. The summed E-state index contributed by atoms with van der Waals surface area (Å²) in [5.41, 5.74) is 4.03. The molecule has 4 rings (SSSR count). The highest BCUT2D eigenvalue weighted by Gasteiger charge is 2.58. The number of ether oxygens (including phenoxy) is 2. The van der Waals surface area contributed by atoms with Crippen molar-refractivity contribution in [2.24, 2.45) is 23.7 Å². The van der Waals surface area contributed by atoms with Crippen LogP contribution in [0.1, 0.15) is 128 Å². The lowest BCUT2D eigenvalue weighted by Gasteiger charge is -2.48. The van der Waals surface area contributed by atoms with Gasteiger partial charge < -0.3 is 40.3 Å². The number of aliphatic hydroxyl groups is 3. The molecule has 8 N–H and O–H groups in total. The molecule has 400 valence electrons. The second-order valence-electron chi connectivity index (χ2n) is 20.8. The monoisotopic (exact) mass is 1000 g/mol. The Kier molecular flexibility index (Phi) is 20.1. The highest BCUT2D eigenvalue weighted by Crippen LogP contribution is 2.41. The van der Waals surface area contributed by atoms with Gasteiger partial charge in [-0.05, 0) is 109 Å². The molecule has 0 aromatic heterocycles. The van der Waals surface area contributed by atoms with E-state index in [4.69, 9.17) is 9.47 Å². The Labute approximate surface area is 417 Å². The van der Waals surface area contributed by atoms with Crippen molar-refractivity contribution in [2.75, 3.05) is 20.1 Å². The second-order valence-corrected chi connectivity index (χ2v) is 20.8. The molecule has 0 bridgehead atoms. The maximum atomic E-state index is 15.2. The van der Waals surface area contributed by atoms with Crippen LogP contribution in [0.2, 0.25) is 0 Å². The van der Waals surface area contributed by atoms with Crippen molar-refractivity contribution < 1.29 is 68.4 Å². The lowest BCUT2D eigenvalue weighted by atomic mass is 9.80. The Morgan fingerprint density at radius 1 is 0.901 bits per heavy atom. The first-order valence-electron chi connectivity index (χ1n) is 24.9. The van der Waals surface area contributed by atoms with Crippen molar-refractivity contribution >= 4 is 47.2 Å². The van der Waals surface area contributed by atoms with E-state index in [1.165, 1.54) is 34.7 Å². The molecule has 4 fully saturated rings. The van der Waals surface area contributed by atoms with Crippen molar-refractivity contribution in [3.8, 4) is 0 Å². The quantitative estimate of drug-likeness (QED) is 0.0614. The number of carbonyl (C=O) groups excluding carboxylic acids is 8. The molecule has 6 amide bonds. The number of rotatable bonds is 11. The van der Waals surface area contributed by atoms with Crippen molar-refractivity contribution in [1.29, 1.82) is 0 Å². The summed E-state index contributed by atoms with van der Waals surface area (Å²) in [5, 5.41) is 54.0. The molecule has 0 aliphatic carbocycles. The minimum absolute atomic E-state index is 0.0684. The first-order chi connectivity index (χ1) is 33.0. The van der Waals surface area contributed by atoms with Crippen LogP contribution in [0, 0.1) is 23.7 Å². The number of fused-ring (bicyclic) bond motifs is 2. The molecule has 0 saturated carbocycles. The molecule has 0 aromatic carbocycles. The summed E-state index contributed by atoms with van der Waals surface area (Å²) in [4.78, 5) is 116. The summed E-state index contributed by atoms with van der Waals surface area (Å²) in [6.07, 6.45) is 0.00218. The Balaban J connectivity index is 1.85. The Hall–Kier alpha value is -4.84. The van der Waals surface area contributed by atoms with Crippen molar-refractivity contribution in [3.05, 3.63) is 23.3 Å². The van der Waals surface area contributed by atoms with Crippen molar-refractivity contribution in [2.45, 2.75) is 194 Å². The summed E-state index contributed by atoms with van der Waals surface area (Å²) in [6, 6.07) is -9.45. The van der Waals surface area contributed by atoms with Crippen molar-refractivity contribution in [1.82, 2.24) is 41.5 Å². The lowest BCUT2D eigenvalue weighted by Crippen LogP contribution is -2.70. The van der Waals surface area contributed by atoms with Crippen LogP contribution < -0.4 is 21.5 Å². The van der Waals surface area contributed by atoms with Gasteiger partial charge in [-0.1, -0.05) is 53.7 Å². The number of aliphatic hydroxyl groups excluding tert-OH is 1. The van der Waals surface area contributed by atoms with Gasteiger partial charge in [-0.2, -0.15) is 0 Å². The number of hydrogen-bond donors (Lipinski definition) is 8. The van der Waals surface area contributed by atoms with E-state index in [2.05, 4.69) is 21.5 Å². The second kappa shape index (κ2) is 24.3. The van der Waals surface area contributed by atoms with Crippen LogP contribution in [0.5, 0.6) is 0 Å². The van der Waals surface area contributed by atoms with Gasteiger partial charge in [-0.15, -0.1) is 0 Å². The van der Waals surface area contributed by atoms with Crippen molar-refractivity contribution in [3.63, 3.8) is 0 Å². The Morgan fingerprint density at radius 3 is 2.03 bits per heavy atom. The Morgan fingerprint density at radius 2 is 1.48 bits per heavy atom. The number of carbonyl (C=O) groups is 8. The summed E-state index contributed by atoms with van der Waals surface area (Å²) in [7, 11) is 1.33. The largest absolute Gasteiger partial charge is 0.458 e. The first-order valence-corrected chi connectivity index (χ1v) is 24.9. The van der Waals surface area contributed by atoms with Gasteiger partial charge in [0.25, 0.3) is 23.6 Å². The summed E-state index contributed by atoms with van der Waals surface area (Å²) >= 11 is 0.